The summed E-state index contributed by atoms with van der Waals surface area (Å²) in [6.45, 7) is 1.03. The maximum atomic E-state index is 10.9. The fourth-order valence-corrected chi connectivity index (χ4v) is 2.00. The van der Waals surface area contributed by atoms with Gasteiger partial charge in [0.1, 0.15) is 22.8 Å². The molecule has 19 heavy (non-hydrogen) atoms. The quantitative estimate of drug-likeness (QED) is 0.797. The molecule has 1 aromatic rings. The number of carbonyl (C=O) groups is 1. The van der Waals surface area contributed by atoms with E-state index in [9.17, 15) is 4.79 Å². The minimum atomic E-state index is -0.878. The van der Waals surface area contributed by atoms with Crippen LogP contribution >= 0.6 is 0 Å². The number of benzene rings is 1. The molecule has 1 saturated heterocycles. The smallest absolute Gasteiger partial charge is 0.307 e. The van der Waals surface area contributed by atoms with Crippen LogP contribution in [-0.2, 0) is 4.79 Å². The maximum Gasteiger partial charge on any atom is 0.307 e. The van der Waals surface area contributed by atoms with Crippen molar-refractivity contribution in [3.05, 3.63) is 18.2 Å². The van der Waals surface area contributed by atoms with Crippen molar-refractivity contribution >= 4 is 5.97 Å². The van der Waals surface area contributed by atoms with E-state index < -0.39 is 11.6 Å². The molecule has 2 rings (SSSR count). The summed E-state index contributed by atoms with van der Waals surface area (Å²) in [7, 11) is 3.10. The van der Waals surface area contributed by atoms with Crippen molar-refractivity contribution in [1.29, 1.82) is 0 Å². The Morgan fingerprint density at radius 3 is 2.11 bits per heavy atom. The zero-order valence-corrected chi connectivity index (χ0v) is 10.9. The van der Waals surface area contributed by atoms with E-state index in [1.54, 1.807) is 32.4 Å². The van der Waals surface area contributed by atoms with E-state index in [-0.39, 0.29) is 6.42 Å². The molecule has 0 unspecified atom stereocenters. The van der Waals surface area contributed by atoms with Crippen molar-refractivity contribution in [1.82, 2.24) is 5.32 Å². The summed E-state index contributed by atoms with van der Waals surface area (Å²) in [6, 6.07) is 5.16. The number of carboxylic acid groups (broad SMARTS) is 1. The highest BCUT2D eigenvalue weighted by Crippen LogP contribution is 2.32. The van der Waals surface area contributed by atoms with Gasteiger partial charge in [-0.25, -0.2) is 0 Å². The molecule has 1 fully saturated rings. The molecule has 0 aromatic heterocycles. The lowest BCUT2D eigenvalue weighted by Gasteiger charge is -2.41. The zero-order valence-electron chi connectivity index (χ0n) is 10.9. The fraction of sp³-hybridized carbons (Fsp3) is 0.462. The van der Waals surface area contributed by atoms with Gasteiger partial charge in [0.25, 0.3) is 0 Å². The average Bonchev–Trinajstić information content (AvgIpc) is 2.35. The summed E-state index contributed by atoms with van der Waals surface area (Å²) in [4.78, 5) is 10.9. The van der Waals surface area contributed by atoms with Gasteiger partial charge < -0.3 is 24.6 Å². The van der Waals surface area contributed by atoms with Crippen LogP contribution in [0.5, 0.6) is 17.2 Å². The molecule has 0 aliphatic carbocycles. The van der Waals surface area contributed by atoms with Crippen molar-refractivity contribution in [2.45, 2.75) is 12.0 Å². The number of nitrogens with one attached hydrogen (secondary N) is 1. The molecule has 0 atom stereocenters. The van der Waals surface area contributed by atoms with Crippen molar-refractivity contribution in [2.24, 2.45) is 0 Å². The van der Waals surface area contributed by atoms with E-state index >= 15 is 0 Å². The summed E-state index contributed by atoms with van der Waals surface area (Å²) >= 11 is 0. The molecule has 0 amide bonds. The number of ether oxygens (including phenoxy) is 3. The van der Waals surface area contributed by atoms with Gasteiger partial charge in [-0.05, 0) is 0 Å². The molecule has 1 aliphatic rings. The van der Waals surface area contributed by atoms with Crippen LogP contribution in [0, 0.1) is 0 Å². The number of carboxylic acids is 1. The molecule has 104 valence electrons. The highest BCUT2D eigenvalue weighted by Gasteiger charge is 2.41. The summed E-state index contributed by atoms with van der Waals surface area (Å²) < 4.78 is 16.1. The first-order chi connectivity index (χ1) is 9.07. The van der Waals surface area contributed by atoms with Gasteiger partial charge in [-0.2, -0.15) is 0 Å². The van der Waals surface area contributed by atoms with E-state index in [1.807, 2.05) is 0 Å². The van der Waals surface area contributed by atoms with Crippen LogP contribution in [0.25, 0.3) is 0 Å². The normalized spacial score (nSPS) is 16.3. The third-order valence-corrected chi connectivity index (χ3v) is 3.03. The minimum absolute atomic E-state index is 0.0421. The third-order valence-electron chi connectivity index (χ3n) is 3.03. The van der Waals surface area contributed by atoms with Gasteiger partial charge in [-0.15, -0.1) is 0 Å². The Morgan fingerprint density at radius 2 is 1.74 bits per heavy atom. The molecule has 0 bridgehead atoms. The summed E-state index contributed by atoms with van der Waals surface area (Å²) in [5, 5.41) is 12.0. The van der Waals surface area contributed by atoms with E-state index in [1.165, 1.54) is 0 Å². The van der Waals surface area contributed by atoms with Crippen molar-refractivity contribution in [2.75, 3.05) is 27.3 Å². The summed E-state index contributed by atoms with van der Waals surface area (Å²) in [5.74, 6) is 0.870. The van der Waals surface area contributed by atoms with Crippen LogP contribution in [0.15, 0.2) is 18.2 Å². The molecule has 0 radical (unpaired) electrons. The summed E-state index contributed by atoms with van der Waals surface area (Å²) in [6.07, 6.45) is -0.0421. The monoisotopic (exact) mass is 267 g/mol. The van der Waals surface area contributed by atoms with Gasteiger partial charge in [0.2, 0.25) is 0 Å². The van der Waals surface area contributed by atoms with E-state index in [0.29, 0.717) is 30.3 Å². The van der Waals surface area contributed by atoms with Crippen molar-refractivity contribution in [3.63, 3.8) is 0 Å². The number of hydrogen-bond donors (Lipinski definition) is 2. The van der Waals surface area contributed by atoms with Crippen LogP contribution in [0.1, 0.15) is 6.42 Å². The molecule has 0 spiro atoms. The van der Waals surface area contributed by atoms with Crippen molar-refractivity contribution < 1.29 is 24.1 Å². The number of aliphatic carboxylic acids is 1. The topological polar surface area (TPSA) is 77.0 Å². The standard InChI is InChI=1S/C13H17NO5/c1-17-9-3-10(18-2)5-11(4-9)19-13(6-12(15)16)7-14-8-13/h3-5,14H,6-8H2,1-2H3,(H,15,16). The molecular weight excluding hydrogens is 250 g/mol. The number of methoxy groups -OCH3 is 2. The Bertz CT molecular complexity index is 448. The second kappa shape index (κ2) is 5.36. The number of hydrogen-bond acceptors (Lipinski definition) is 5. The molecule has 2 N–H and O–H groups in total. The highest BCUT2D eigenvalue weighted by atomic mass is 16.5. The van der Waals surface area contributed by atoms with E-state index in [2.05, 4.69) is 5.32 Å². The van der Waals surface area contributed by atoms with Gasteiger partial charge in [0.05, 0.1) is 20.6 Å². The van der Waals surface area contributed by atoms with Gasteiger partial charge in [-0.3, -0.25) is 4.79 Å². The average molecular weight is 267 g/mol. The predicted octanol–water partition coefficient (Wildman–Crippen LogP) is 0.899. The van der Waals surface area contributed by atoms with E-state index in [4.69, 9.17) is 19.3 Å². The van der Waals surface area contributed by atoms with Gasteiger partial charge in [-0.1, -0.05) is 0 Å². The fourth-order valence-electron chi connectivity index (χ4n) is 2.00. The lowest BCUT2D eigenvalue weighted by Crippen LogP contribution is -2.64. The SMILES string of the molecule is COc1cc(OC)cc(OC2(CC(=O)O)CNC2)c1. The lowest BCUT2D eigenvalue weighted by molar-refractivity contribution is -0.143. The van der Waals surface area contributed by atoms with Crippen LogP contribution in [-0.4, -0.2) is 44.0 Å². The first kappa shape index (κ1) is 13.5. The Morgan fingerprint density at radius 1 is 1.21 bits per heavy atom. The van der Waals surface area contributed by atoms with Gasteiger partial charge in [0.15, 0.2) is 0 Å². The molecule has 6 nitrogen and oxygen atoms in total. The Balaban J connectivity index is 2.19. The molecule has 1 heterocycles. The highest BCUT2D eigenvalue weighted by molar-refractivity contribution is 5.68. The minimum Gasteiger partial charge on any atom is -0.496 e. The molecule has 1 aromatic carbocycles. The first-order valence-corrected chi connectivity index (χ1v) is 5.91. The van der Waals surface area contributed by atoms with Crippen LogP contribution < -0.4 is 19.5 Å². The molecular formula is C13H17NO5. The second-order valence-corrected chi connectivity index (χ2v) is 4.51. The first-order valence-electron chi connectivity index (χ1n) is 5.91. The third kappa shape index (κ3) is 3.08. The van der Waals surface area contributed by atoms with E-state index in [0.717, 1.165) is 0 Å². The van der Waals surface area contributed by atoms with Gasteiger partial charge in [0, 0.05) is 31.3 Å². The Kier molecular flexibility index (Phi) is 3.80. The molecule has 0 saturated carbocycles. The Hall–Kier alpha value is -1.95. The molecule has 6 heteroatoms. The zero-order chi connectivity index (χ0) is 13.9. The Labute approximate surface area is 111 Å². The second-order valence-electron chi connectivity index (χ2n) is 4.51. The van der Waals surface area contributed by atoms with Crippen LogP contribution in [0.4, 0.5) is 0 Å². The lowest BCUT2D eigenvalue weighted by atomic mass is 9.92. The van der Waals surface area contributed by atoms with Crippen LogP contribution in [0.3, 0.4) is 0 Å². The molecule has 1 aliphatic heterocycles. The predicted molar refractivity (Wildman–Crippen MR) is 68.0 cm³/mol. The van der Waals surface area contributed by atoms with Crippen LogP contribution in [0.2, 0.25) is 0 Å². The summed E-state index contributed by atoms with van der Waals surface area (Å²) in [5.41, 5.74) is -0.691. The largest absolute Gasteiger partial charge is 0.496 e. The van der Waals surface area contributed by atoms with Gasteiger partial charge >= 0.3 is 5.97 Å². The van der Waals surface area contributed by atoms with Crippen molar-refractivity contribution in [3.8, 4) is 17.2 Å². The number of rotatable bonds is 6. The maximum absolute atomic E-state index is 10.9.